The first-order valence-electron chi connectivity index (χ1n) is 4.70. The van der Waals surface area contributed by atoms with Crippen molar-refractivity contribution in [3.63, 3.8) is 0 Å². The van der Waals surface area contributed by atoms with Gasteiger partial charge < -0.3 is 10.4 Å². The normalized spacial score (nSPS) is 12.7. The summed E-state index contributed by atoms with van der Waals surface area (Å²) in [5, 5.41) is 11.5. The Balaban J connectivity index is 4.46. The number of sulfonamides is 1. The average Bonchev–Trinajstić information content (AvgIpc) is 2.10. The molecule has 86 valence electrons. The second-order valence-electron chi connectivity index (χ2n) is 3.35. The Bertz CT molecular complexity index is 239. The van der Waals surface area contributed by atoms with E-state index in [1.54, 1.807) is 20.9 Å². The highest BCUT2D eigenvalue weighted by molar-refractivity contribution is 7.89. The Morgan fingerprint density at radius 1 is 1.43 bits per heavy atom. The smallest absolute Gasteiger partial charge is 0.215 e. The fourth-order valence-electron chi connectivity index (χ4n) is 1.17. The summed E-state index contributed by atoms with van der Waals surface area (Å²) in [7, 11) is -1.53. The molecule has 0 rings (SSSR count). The lowest BCUT2D eigenvalue weighted by atomic mass is 10.4. The molecule has 6 heteroatoms. The minimum Gasteiger partial charge on any atom is -0.395 e. The van der Waals surface area contributed by atoms with Gasteiger partial charge in [0.05, 0.1) is 12.4 Å². The summed E-state index contributed by atoms with van der Waals surface area (Å²) in [4.78, 5) is 0. The van der Waals surface area contributed by atoms with Crippen LogP contribution in [0.15, 0.2) is 0 Å². The molecule has 0 saturated carbocycles. The molecule has 2 N–H and O–H groups in total. The van der Waals surface area contributed by atoms with E-state index in [2.05, 4.69) is 5.32 Å². The van der Waals surface area contributed by atoms with Crippen molar-refractivity contribution in [1.29, 1.82) is 0 Å². The number of rotatable bonds is 7. The van der Waals surface area contributed by atoms with Crippen molar-refractivity contribution in [1.82, 2.24) is 9.62 Å². The van der Waals surface area contributed by atoms with Crippen LogP contribution in [0.5, 0.6) is 0 Å². The number of aliphatic hydroxyl groups excluding tert-OH is 1. The second kappa shape index (κ2) is 6.34. The quantitative estimate of drug-likeness (QED) is 0.596. The summed E-state index contributed by atoms with van der Waals surface area (Å²) in [5.41, 5.74) is 0. The molecule has 14 heavy (non-hydrogen) atoms. The molecule has 0 aliphatic heterocycles. The van der Waals surface area contributed by atoms with E-state index in [1.807, 2.05) is 0 Å². The fraction of sp³-hybridized carbons (Fsp3) is 1.00. The Morgan fingerprint density at radius 3 is 2.36 bits per heavy atom. The summed E-state index contributed by atoms with van der Waals surface area (Å²) < 4.78 is 24.7. The molecule has 0 aromatic rings. The molecular weight excluding hydrogens is 204 g/mol. The van der Waals surface area contributed by atoms with Gasteiger partial charge >= 0.3 is 0 Å². The van der Waals surface area contributed by atoms with Crippen LogP contribution in [0.1, 0.15) is 13.8 Å². The Kier molecular flexibility index (Phi) is 6.26. The van der Waals surface area contributed by atoms with Crippen molar-refractivity contribution in [2.75, 3.05) is 32.5 Å². The maximum atomic E-state index is 11.7. The molecule has 0 bridgehead atoms. The maximum absolute atomic E-state index is 11.7. The fourth-order valence-corrected chi connectivity index (χ4v) is 2.86. The van der Waals surface area contributed by atoms with Crippen LogP contribution in [0.2, 0.25) is 0 Å². The van der Waals surface area contributed by atoms with E-state index in [1.165, 1.54) is 4.31 Å². The van der Waals surface area contributed by atoms with Gasteiger partial charge in [-0.2, -0.15) is 4.31 Å². The SMILES string of the molecule is CNCCS(=O)(=O)N(CCO)C(C)C. The van der Waals surface area contributed by atoms with Crippen LogP contribution in [0, 0.1) is 0 Å². The van der Waals surface area contributed by atoms with Gasteiger partial charge in [0.2, 0.25) is 10.0 Å². The van der Waals surface area contributed by atoms with E-state index >= 15 is 0 Å². The van der Waals surface area contributed by atoms with Crippen molar-refractivity contribution in [3.8, 4) is 0 Å². The van der Waals surface area contributed by atoms with Crippen molar-refractivity contribution in [2.24, 2.45) is 0 Å². The summed E-state index contributed by atoms with van der Waals surface area (Å²) in [5.74, 6) is 0.0711. The molecule has 0 saturated heterocycles. The highest BCUT2D eigenvalue weighted by Gasteiger charge is 2.23. The second-order valence-corrected chi connectivity index (χ2v) is 5.39. The van der Waals surface area contributed by atoms with E-state index in [9.17, 15) is 8.42 Å². The van der Waals surface area contributed by atoms with Gasteiger partial charge in [0.15, 0.2) is 0 Å². The van der Waals surface area contributed by atoms with Crippen molar-refractivity contribution < 1.29 is 13.5 Å². The van der Waals surface area contributed by atoms with Gasteiger partial charge in [0.1, 0.15) is 0 Å². The van der Waals surface area contributed by atoms with Gasteiger partial charge in [-0.1, -0.05) is 0 Å². The van der Waals surface area contributed by atoms with E-state index in [4.69, 9.17) is 5.11 Å². The monoisotopic (exact) mass is 224 g/mol. The standard InChI is InChI=1S/C8H20N2O3S/c1-8(2)10(5-6-11)14(12,13)7-4-9-3/h8-9,11H,4-7H2,1-3H3. The molecule has 5 nitrogen and oxygen atoms in total. The molecule has 0 aliphatic rings. The molecule has 0 aromatic carbocycles. The number of nitrogens with one attached hydrogen (secondary N) is 1. The molecule has 0 aromatic heterocycles. The predicted octanol–water partition coefficient (Wildman–Crippen LogP) is -0.762. The van der Waals surface area contributed by atoms with Crippen LogP contribution < -0.4 is 5.32 Å². The van der Waals surface area contributed by atoms with Crippen LogP contribution >= 0.6 is 0 Å². The van der Waals surface area contributed by atoms with Gasteiger partial charge in [-0.15, -0.1) is 0 Å². The highest BCUT2D eigenvalue weighted by Crippen LogP contribution is 2.06. The summed E-state index contributed by atoms with van der Waals surface area (Å²) >= 11 is 0. The Hall–Kier alpha value is -0.170. The molecule has 0 fully saturated rings. The van der Waals surface area contributed by atoms with Crippen LogP contribution in [-0.4, -0.2) is 56.4 Å². The summed E-state index contributed by atoms with van der Waals surface area (Å²) in [6.45, 7) is 4.05. The van der Waals surface area contributed by atoms with Crippen molar-refractivity contribution >= 4 is 10.0 Å². The molecule has 0 spiro atoms. The molecule has 0 atom stereocenters. The first-order chi connectivity index (χ1) is 6.45. The maximum Gasteiger partial charge on any atom is 0.215 e. The minimum absolute atomic E-state index is 0.0711. The average molecular weight is 224 g/mol. The lowest BCUT2D eigenvalue weighted by Gasteiger charge is -2.24. The Morgan fingerprint density at radius 2 is 2.00 bits per heavy atom. The van der Waals surface area contributed by atoms with E-state index < -0.39 is 10.0 Å². The van der Waals surface area contributed by atoms with Crippen LogP contribution in [0.4, 0.5) is 0 Å². The third-order valence-corrected chi connectivity index (χ3v) is 3.90. The molecule has 0 heterocycles. The highest BCUT2D eigenvalue weighted by atomic mass is 32.2. The van der Waals surface area contributed by atoms with Crippen molar-refractivity contribution in [3.05, 3.63) is 0 Å². The lowest BCUT2D eigenvalue weighted by molar-refractivity contribution is 0.236. The summed E-state index contributed by atoms with van der Waals surface area (Å²) in [6, 6.07) is -0.107. The summed E-state index contributed by atoms with van der Waals surface area (Å²) in [6.07, 6.45) is 0. The van der Waals surface area contributed by atoms with Crippen molar-refractivity contribution in [2.45, 2.75) is 19.9 Å². The van der Waals surface area contributed by atoms with Gasteiger partial charge in [-0.05, 0) is 20.9 Å². The number of aliphatic hydroxyl groups is 1. The zero-order valence-corrected chi connectivity index (χ0v) is 9.84. The minimum atomic E-state index is -3.24. The number of nitrogens with zero attached hydrogens (tertiary/aromatic N) is 1. The lowest BCUT2D eigenvalue weighted by Crippen LogP contribution is -2.41. The topological polar surface area (TPSA) is 69.6 Å². The molecule has 0 amide bonds. The molecule has 0 unspecified atom stereocenters. The van der Waals surface area contributed by atoms with E-state index in [0.29, 0.717) is 6.54 Å². The third-order valence-electron chi connectivity index (χ3n) is 1.86. The van der Waals surface area contributed by atoms with Crippen LogP contribution in [0.3, 0.4) is 0 Å². The predicted molar refractivity (Wildman–Crippen MR) is 56.6 cm³/mol. The first-order valence-corrected chi connectivity index (χ1v) is 6.31. The zero-order valence-electron chi connectivity index (χ0n) is 9.02. The van der Waals surface area contributed by atoms with Gasteiger partial charge in [-0.25, -0.2) is 8.42 Å². The van der Waals surface area contributed by atoms with Gasteiger partial charge in [0.25, 0.3) is 0 Å². The third kappa shape index (κ3) is 4.36. The molecule has 0 aliphatic carbocycles. The van der Waals surface area contributed by atoms with Crippen LogP contribution in [-0.2, 0) is 10.0 Å². The Labute approximate surface area is 86.2 Å². The van der Waals surface area contributed by atoms with Crippen LogP contribution in [0.25, 0.3) is 0 Å². The largest absolute Gasteiger partial charge is 0.395 e. The van der Waals surface area contributed by atoms with E-state index in [-0.39, 0.29) is 24.9 Å². The van der Waals surface area contributed by atoms with Gasteiger partial charge in [0, 0.05) is 19.1 Å². The van der Waals surface area contributed by atoms with Gasteiger partial charge in [-0.3, -0.25) is 0 Å². The number of hydrogen-bond donors (Lipinski definition) is 2. The number of hydrogen-bond acceptors (Lipinski definition) is 4. The molecular formula is C8H20N2O3S. The molecule has 0 radical (unpaired) electrons. The zero-order chi connectivity index (χ0) is 11.2. The van der Waals surface area contributed by atoms with E-state index in [0.717, 1.165) is 0 Å². The first kappa shape index (κ1) is 13.8.